The lowest BCUT2D eigenvalue weighted by Gasteiger charge is -2.28. The standard InChI is InChI=1S/C16H22N2O2S/c1-11(2)18-16(3,15(19)20)8-9-21-14-10-12-6-4-5-7-13(12)17-14/h4-7,10-11,17-18H,8-9H2,1-3H3,(H,19,20). The van der Waals surface area contributed by atoms with Crippen LogP contribution in [0.25, 0.3) is 10.9 Å². The van der Waals surface area contributed by atoms with Gasteiger partial charge in [0.1, 0.15) is 5.54 Å². The second kappa shape index (κ2) is 6.54. The van der Waals surface area contributed by atoms with Gasteiger partial charge in [-0.15, -0.1) is 11.8 Å². The maximum absolute atomic E-state index is 11.5. The molecule has 1 atom stereocenters. The first kappa shape index (κ1) is 15.9. The summed E-state index contributed by atoms with van der Waals surface area (Å²) < 4.78 is 0. The topological polar surface area (TPSA) is 65.1 Å². The van der Waals surface area contributed by atoms with Crippen LogP contribution in [0.3, 0.4) is 0 Å². The Morgan fingerprint density at radius 2 is 2.14 bits per heavy atom. The summed E-state index contributed by atoms with van der Waals surface area (Å²) >= 11 is 1.66. The van der Waals surface area contributed by atoms with Crippen LogP contribution in [0.2, 0.25) is 0 Å². The number of aromatic amines is 1. The van der Waals surface area contributed by atoms with Gasteiger partial charge in [0.2, 0.25) is 0 Å². The third-order valence-corrected chi connectivity index (χ3v) is 4.38. The molecule has 1 aromatic heterocycles. The number of nitrogens with one attached hydrogen (secondary N) is 2. The van der Waals surface area contributed by atoms with Crippen molar-refractivity contribution in [2.75, 3.05) is 5.75 Å². The van der Waals surface area contributed by atoms with Gasteiger partial charge < -0.3 is 10.1 Å². The highest BCUT2D eigenvalue weighted by Gasteiger charge is 2.32. The number of benzene rings is 1. The Labute approximate surface area is 129 Å². The van der Waals surface area contributed by atoms with Gasteiger partial charge in [-0.05, 0) is 39.3 Å². The zero-order valence-corrected chi connectivity index (χ0v) is 13.5. The molecular weight excluding hydrogens is 284 g/mol. The number of carboxylic acid groups (broad SMARTS) is 1. The van der Waals surface area contributed by atoms with Gasteiger partial charge in [0, 0.05) is 22.7 Å². The number of hydrogen-bond donors (Lipinski definition) is 3. The molecule has 2 rings (SSSR count). The number of thioether (sulfide) groups is 1. The molecule has 1 heterocycles. The number of aliphatic carboxylic acids is 1. The van der Waals surface area contributed by atoms with Crippen molar-refractivity contribution >= 4 is 28.6 Å². The van der Waals surface area contributed by atoms with E-state index in [-0.39, 0.29) is 6.04 Å². The minimum atomic E-state index is -0.882. The molecule has 5 heteroatoms. The fourth-order valence-electron chi connectivity index (χ4n) is 2.37. The van der Waals surface area contributed by atoms with E-state index < -0.39 is 11.5 Å². The number of carbonyl (C=O) groups is 1. The zero-order chi connectivity index (χ0) is 15.5. The molecule has 21 heavy (non-hydrogen) atoms. The third kappa shape index (κ3) is 4.02. The molecule has 0 aliphatic rings. The molecule has 0 saturated carbocycles. The number of fused-ring (bicyclic) bond motifs is 1. The lowest BCUT2D eigenvalue weighted by molar-refractivity contribution is -0.144. The summed E-state index contributed by atoms with van der Waals surface area (Å²) in [6, 6.07) is 10.4. The highest BCUT2D eigenvalue weighted by Crippen LogP contribution is 2.25. The predicted molar refractivity (Wildman–Crippen MR) is 88.0 cm³/mol. The Morgan fingerprint density at radius 1 is 1.43 bits per heavy atom. The van der Waals surface area contributed by atoms with Crippen LogP contribution in [0, 0.1) is 0 Å². The molecule has 4 nitrogen and oxygen atoms in total. The summed E-state index contributed by atoms with van der Waals surface area (Å²) in [7, 11) is 0. The number of H-pyrrole nitrogens is 1. The molecule has 0 aliphatic carbocycles. The van der Waals surface area contributed by atoms with Crippen molar-refractivity contribution in [3.63, 3.8) is 0 Å². The smallest absolute Gasteiger partial charge is 0.323 e. The van der Waals surface area contributed by atoms with Crippen molar-refractivity contribution < 1.29 is 9.90 Å². The Balaban J connectivity index is 1.97. The van der Waals surface area contributed by atoms with Crippen LogP contribution >= 0.6 is 11.8 Å². The third-order valence-electron chi connectivity index (χ3n) is 3.44. The number of para-hydroxylation sites is 1. The maximum Gasteiger partial charge on any atom is 0.323 e. The van der Waals surface area contributed by atoms with E-state index in [4.69, 9.17) is 0 Å². The number of rotatable bonds is 7. The van der Waals surface area contributed by atoms with Crippen molar-refractivity contribution in [2.45, 2.75) is 43.8 Å². The maximum atomic E-state index is 11.5. The summed E-state index contributed by atoms with van der Waals surface area (Å²) in [6.07, 6.45) is 0.570. The highest BCUT2D eigenvalue weighted by atomic mass is 32.2. The number of hydrogen-bond acceptors (Lipinski definition) is 3. The van der Waals surface area contributed by atoms with E-state index in [1.54, 1.807) is 18.7 Å². The minimum absolute atomic E-state index is 0.143. The van der Waals surface area contributed by atoms with E-state index in [2.05, 4.69) is 22.4 Å². The van der Waals surface area contributed by atoms with E-state index >= 15 is 0 Å². The van der Waals surface area contributed by atoms with Crippen molar-refractivity contribution in [1.29, 1.82) is 0 Å². The first-order valence-corrected chi connectivity index (χ1v) is 8.11. The van der Waals surface area contributed by atoms with E-state index in [0.717, 1.165) is 16.3 Å². The van der Waals surface area contributed by atoms with Gasteiger partial charge >= 0.3 is 5.97 Å². The van der Waals surface area contributed by atoms with Crippen LogP contribution in [0.5, 0.6) is 0 Å². The number of aromatic nitrogens is 1. The van der Waals surface area contributed by atoms with Crippen LogP contribution < -0.4 is 5.32 Å². The molecule has 0 aliphatic heterocycles. The molecule has 0 fully saturated rings. The normalized spacial score (nSPS) is 14.5. The second-order valence-corrected chi connectivity index (χ2v) is 6.89. The molecule has 3 N–H and O–H groups in total. The fraction of sp³-hybridized carbons (Fsp3) is 0.438. The molecule has 0 spiro atoms. The summed E-state index contributed by atoms with van der Waals surface area (Å²) in [4.78, 5) is 14.8. The van der Waals surface area contributed by atoms with Gasteiger partial charge in [-0.3, -0.25) is 10.1 Å². The molecule has 2 aromatic rings. The van der Waals surface area contributed by atoms with Crippen LogP contribution in [-0.2, 0) is 4.79 Å². The summed E-state index contributed by atoms with van der Waals surface area (Å²) in [5.41, 5.74) is 0.231. The summed E-state index contributed by atoms with van der Waals surface area (Å²) in [6.45, 7) is 5.68. The number of carboxylic acids is 1. The molecule has 114 valence electrons. The first-order valence-electron chi connectivity index (χ1n) is 7.12. The zero-order valence-electron chi connectivity index (χ0n) is 12.6. The fourth-order valence-corrected chi connectivity index (χ4v) is 3.49. The lowest BCUT2D eigenvalue weighted by Crippen LogP contribution is -2.52. The van der Waals surface area contributed by atoms with Gasteiger partial charge in [-0.1, -0.05) is 18.2 Å². The van der Waals surface area contributed by atoms with Crippen molar-refractivity contribution in [3.8, 4) is 0 Å². The average molecular weight is 306 g/mol. The SMILES string of the molecule is CC(C)NC(C)(CCSc1cc2ccccc2[nH]1)C(=O)O. The van der Waals surface area contributed by atoms with Crippen LogP contribution in [0.1, 0.15) is 27.2 Å². The van der Waals surface area contributed by atoms with E-state index in [1.807, 2.05) is 32.0 Å². The summed E-state index contributed by atoms with van der Waals surface area (Å²) in [5.74, 6) is -0.0524. The molecule has 1 aromatic carbocycles. The predicted octanol–water partition coefficient (Wildman–Crippen LogP) is 3.49. The first-order chi connectivity index (χ1) is 9.90. The average Bonchev–Trinajstić information content (AvgIpc) is 2.80. The molecule has 0 amide bonds. The van der Waals surface area contributed by atoms with Gasteiger partial charge in [0.05, 0.1) is 5.03 Å². The van der Waals surface area contributed by atoms with E-state index in [0.29, 0.717) is 6.42 Å². The van der Waals surface area contributed by atoms with Crippen LogP contribution in [-0.4, -0.2) is 33.4 Å². The van der Waals surface area contributed by atoms with Crippen LogP contribution in [0.4, 0.5) is 0 Å². The van der Waals surface area contributed by atoms with Crippen molar-refractivity contribution in [3.05, 3.63) is 30.3 Å². The largest absolute Gasteiger partial charge is 0.480 e. The summed E-state index contributed by atoms with van der Waals surface area (Å²) in [5, 5.41) is 14.8. The Morgan fingerprint density at radius 3 is 2.76 bits per heavy atom. The van der Waals surface area contributed by atoms with E-state index in [1.165, 1.54) is 5.39 Å². The van der Waals surface area contributed by atoms with Crippen molar-refractivity contribution in [2.24, 2.45) is 0 Å². The quantitative estimate of drug-likeness (QED) is 0.685. The molecular formula is C16H22N2O2S. The Bertz CT molecular complexity index is 591. The van der Waals surface area contributed by atoms with Gasteiger partial charge in [-0.2, -0.15) is 0 Å². The molecule has 0 saturated heterocycles. The Kier molecular flexibility index (Phi) is 4.96. The minimum Gasteiger partial charge on any atom is -0.480 e. The van der Waals surface area contributed by atoms with Crippen molar-refractivity contribution in [1.82, 2.24) is 10.3 Å². The van der Waals surface area contributed by atoms with Crippen LogP contribution in [0.15, 0.2) is 35.4 Å². The lowest BCUT2D eigenvalue weighted by atomic mass is 9.98. The second-order valence-electron chi connectivity index (χ2n) is 5.76. The monoisotopic (exact) mass is 306 g/mol. The molecule has 1 unspecified atom stereocenters. The molecule has 0 bridgehead atoms. The van der Waals surface area contributed by atoms with Gasteiger partial charge in [0.25, 0.3) is 0 Å². The molecule has 0 radical (unpaired) electrons. The van der Waals surface area contributed by atoms with Gasteiger partial charge in [-0.25, -0.2) is 0 Å². The highest BCUT2D eigenvalue weighted by molar-refractivity contribution is 7.99. The van der Waals surface area contributed by atoms with Gasteiger partial charge in [0.15, 0.2) is 0 Å². The van der Waals surface area contributed by atoms with E-state index in [9.17, 15) is 9.90 Å². The Hall–Kier alpha value is -1.46.